The van der Waals surface area contributed by atoms with E-state index in [2.05, 4.69) is 15.3 Å². The predicted molar refractivity (Wildman–Crippen MR) is 76.9 cm³/mol. The first kappa shape index (κ1) is 15.5. The Hall–Kier alpha value is -1.87. The van der Waals surface area contributed by atoms with Gasteiger partial charge >= 0.3 is 7.60 Å². The van der Waals surface area contributed by atoms with Gasteiger partial charge in [0, 0.05) is 12.4 Å². The van der Waals surface area contributed by atoms with Crippen molar-refractivity contribution in [3.05, 3.63) is 22.2 Å². The first-order valence-corrected chi connectivity index (χ1v) is 7.76. The van der Waals surface area contributed by atoms with Gasteiger partial charge < -0.3 is 30.8 Å². The molecule has 1 aliphatic heterocycles. The summed E-state index contributed by atoms with van der Waals surface area (Å²) in [6.07, 6.45) is 0.248. The second-order valence-electron chi connectivity index (χ2n) is 4.53. The summed E-state index contributed by atoms with van der Waals surface area (Å²) >= 11 is 0. The van der Waals surface area contributed by atoms with E-state index in [1.807, 2.05) is 0 Å². The third-order valence-electron chi connectivity index (χ3n) is 2.86. The second kappa shape index (κ2) is 5.86. The van der Waals surface area contributed by atoms with Gasteiger partial charge in [-0.3, -0.25) is 14.3 Å². The Labute approximate surface area is 119 Å². The Balaban J connectivity index is 2.00. The Morgan fingerprint density at radius 1 is 1.52 bits per heavy atom. The molecule has 0 bridgehead atoms. The molecule has 0 saturated carbocycles. The fourth-order valence-electron chi connectivity index (χ4n) is 1.90. The lowest BCUT2D eigenvalue weighted by Crippen LogP contribution is -2.27. The van der Waals surface area contributed by atoms with Crippen LogP contribution in [0, 0.1) is 0 Å². The molecule has 0 saturated heterocycles. The number of aliphatic hydroxyl groups excluding tert-OH is 1. The van der Waals surface area contributed by atoms with Crippen molar-refractivity contribution in [1.82, 2.24) is 9.97 Å². The standard InChI is InChI=1S/C10H16N5O5P/c11-10-13-8-7(9(17)14-10)12-5-15(8)3-1-6(16)2-4-21(18,19)20/h2,4,6,12,16H,1,3,5H2,(H2,18,19,20)(H3,11,13,14,17). The molecule has 1 aromatic heterocycles. The molecule has 2 rings (SSSR count). The highest BCUT2D eigenvalue weighted by Gasteiger charge is 2.23. The van der Waals surface area contributed by atoms with E-state index in [0.29, 0.717) is 30.5 Å². The van der Waals surface area contributed by atoms with Crippen LogP contribution in [0.5, 0.6) is 0 Å². The number of anilines is 3. The highest BCUT2D eigenvalue weighted by atomic mass is 31.2. The van der Waals surface area contributed by atoms with E-state index in [-0.39, 0.29) is 17.9 Å². The van der Waals surface area contributed by atoms with Gasteiger partial charge in [-0.2, -0.15) is 4.98 Å². The Morgan fingerprint density at radius 3 is 2.90 bits per heavy atom. The summed E-state index contributed by atoms with van der Waals surface area (Å²) in [7, 11) is -4.28. The van der Waals surface area contributed by atoms with E-state index in [9.17, 15) is 14.5 Å². The summed E-state index contributed by atoms with van der Waals surface area (Å²) in [5.41, 5.74) is 5.41. The van der Waals surface area contributed by atoms with Gasteiger partial charge in [0.25, 0.3) is 5.56 Å². The van der Waals surface area contributed by atoms with Gasteiger partial charge in [-0.05, 0) is 12.5 Å². The van der Waals surface area contributed by atoms with Crippen molar-refractivity contribution in [3.8, 4) is 0 Å². The number of fused-ring (bicyclic) bond motifs is 1. The molecule has 11 heteroatoms. The van der Waals surface area contributed by atoms with Crippen LogP contribution in [0.2, 0.25) is 0 Å². The lowest BCUT2D eigenvalue weighted by molar-refractivity contribution is 0.214. The summed E-state index contributed by atoms with van der Waals surface area (Å²) in [5.74, 6) is 1.05. The van der Waals surface area contributed by atoms with Gasteiger partial charge in [0.1, 0.15) is 5.69 Å². The number of rotatable bonds is 5. The summed E-state index contributed by atoms with van der Waals surface area (Å²) in [4.78, 5) is 37.0. The average molecular weight is 317 g/mol. The van der Waals surface area contributed by atoms with E-state index in [1.54, 1.807) is 4.90 Å². The number of hydrogen-bond acceptors (Lipinski definition) is 7. The van der Waals surface area contributed by atoms with E-state index >= 15 is 0 Å². The van der Waals surface area contributed by atoms with Crippen molar-refractivity contribution in [3.63, 3.8) is 0 Å². The number of nitrogens with zero attached hydrogens (tertiary/aromatic N) is 2. The molecule has 0 amide bonds. The number of aromatic amines is 1. The lowest BCUT2D eigenvalue weighted by atomic mass is 10.2. The molecule has 0 radical (unpaired) electrons. The molecule has 116 valence electrons. The van der Waals surface area contributed by atoms with Crippen LogP contribution < -0.4 is 21.5 Å². The number of nitrogens with one attached hydrogen (secondary N) is 2. The lowest BCUT2D eigenvalue weighted by Gasteiger charge is -2.17. The van der Waals surface area contributed by atoms with Crippen LogP contribution in [-0.4, -0.2) is 44.2 Å². The quantitative estimate of drug-likeness (QED) is 0.373. The number of nitrogens with two attached hydrogens (primary N) is 1. The highest BCUT2D eigenvalue weighted by molar-refractivity contribution is 7.55. The minimum Gasteiger partial charge on any atom is -0.389 e. The normalized spacial score (nSPS) is 16.0. The van der Waals surface area contributed by atoms with Gasteiger partial charge in [-0.25, -0.2) is 0 Å². The molecule has 1 unspecified atom stereocenters. The van der Waals surface area contributed by atoms with Crippen molar-refractivity contribution in [1.29, 1.82) is 0 Å². The zero-order valence-corrected chi connectivity index (χ0v) is 11.8. The first-order valence-electron chi connectivity index (χ1n) is 6.07. The molecule has 0 fully saturated rings. The topological polar surface area (TPSA) is 165 Å². The predicted octanol–water partition coefficient (Wildman–Crippen LogP) is -1.02. The van der Waals surface area contributed by atoms with Gasteiger partial charge in [0.05, 0.1) is 12.8 Å². The minimum absolute atomic E-state index is 0.00519. The number of nitrogen functional groups attached to an aromatic ring is 1. The van der Waals surface area contributed by atoms with Crippen molar-refractivity contribution in [2.45, 2.75) is 12.5 Å². The van der Waals surface area contributed by atoms with E-state index in [4.69, 9.17) is 15.5 Å². The molecule has 0 spiro atoms. The second-order valence-corrected chi connectivity index (χ2v) is 6.01. The van der Waals surface area contributed by atoms with Crippen LogP contribution in [0.1, 0.15) is 6.42 Å². The molecule has 1 aromatic rings. The van der Waals surface area contributed by atoms with Crippen molar-refractivity contribution >= 4 is 25.0 Å². The van der Waals surface area contributed by atoms with Gasteiger partial charge in [-0.1, -0.05) is 0 Å². The smallest absolute Gasteiger partial charge is 0.348 e. The molecule has 1 aliphatic rings. The molecule has 0 aliphatic carbocycles. The zero-order chi connectivity index (χ0) is 15.6. The maximum absolute atomic E-state index is 11.6. The Kier molecular flexibility index (Phi) is 4.33. The summed E-state index contributed by atoms with van der Waals surface area (Å²) in [6, 6.07) is 0. The van der Waals surface area contributed by atoms with Crippen molar-refractivity contribution < 1.29 is 19.5 Å². The Morgan fingerprint density at radius 2 is 2.24 bits per heavy atom. The fraction of sp³-hybridized carbons (Fsp3) is 0.400. The van der Waals surface area contributed by atoms with Crippen molar-refractivity contribution in [2.75, 3.05) is 29.2 Å². The molecule has 1 atom stereocenters. The largest absolute Gasteiger partial charge is 0.389 e. The number of hydrogen-bond donors (Lipinski definition) is 6. The number of aromatic nitrogens is 2. The fourth-order valence-corrected chi connectivity index (χ4v) is 2.32. The maximum atomic E-state index is 11.6. The highest BCUT2D eigenvalue weighted by Crippen LogP contribution is 2.36. The molecular weight excluding hydrogens is 301 g/mol. The summed E-state index contributed by atoms with van der Waals surface area (Å²) in [6.45, 7) is 0.673. The van der Waals surface area contributed by atoms with E-state index in [0.717, 1.165) is 6.08 Å². The van der Waals surface area contributed by atoms with E-state index in [1.165, 1.54) is 0 Å². The van der Waals surface area contributed by atoms with Crippen LogP contribution in [0.4, 0.5) is 17.5 Å². The SMILES string of the molecule is Nc1nc2c(c(=O)[nH]1)NCN2CCC(O)C=CP(=O)(O)O. The van der Waals surface area contributed by atoms with Crippen LogP contribution in [0.3, 0.4) is 0 Å². The number of aliphatic hydroxyl groups is 1. The van der Waals surface area contributed by atoms with Gasteiger partial charge in [0.2, 0.25) is 5.95 Å². The van der Waals surface area contributed by atoms with Gasteiger partial charge in [0.15, 0.2) is 5.82 Å². The number of H-pyrrole nitrogens is 1. The first-order chi connectivity index (χ1) is 9.76. The molecule has 7 N–H and O–H groups in total. The van der Waals surface area contributed by atoms with Crippen LogP contribution in [0.25, 0.3) is 0 Å². The molecule has 2 heterocycles. The molecule has 21 heavy (non-hydrogen) atoms. The van der Waals surface area contributed by atoms with Crippen LogP contribution in [0.15, 0.2) is 16.7 Å². The third kappa shape index (κ3) is 4.05. The molecular formula is C10H16N5O5P. The summed E-state index contributed by atoms with van der Waals surface area (Å²) < 4.78 is 10.6. The average Bonchev–Trinajstić information content (AvgIpc) is 2.76. The third-order valence-corrected chi connectivity index (χ3v) is 3.42. The Bertz CT molecular complexity index is 654. The van der Waals surface area contributed by atoms with Crippen LogP contribution in [-0.2, 0) is 4.57 Å². The van der Waals surface area contributed by atoms with Gasteiger partial charge in [-0.15, -0.1) is 0 Å². The monoisotopic (exact) mass is 317 g/mol. The molecule has 10 nitrogen and oxygen atoms in total. The maximum Gasteiger partial charge on any atom is 0.348 e. The molecule has 0 aromatic carbocycles. The van der Waals surface area contributed by atoms with Crippen LogP contribution >= 0.6 is 7.60 Å². The zero-order valence-electron chi connectivity index (χ0n) is 10.9. The van der Waals surface area contributed by atoms with E-state index < -0.39 is 13.7 Å². The summed E-state index contributed by atoms with van der Waals surface area (Å²) in [5, 5.41) is 12.5. The van der Waals surface area contributed by atoms with Crippen molar-refractivity contribution in [2.24, 2.45) is 0 Å². The minimum atomic E-state index is -4.28.